The molecule has 0 aliphatic carbocycles. The van der Waals surface area contributed by atoms with Gasteiger partial charge in [0.2, 0.25) is 5.91 Å². The number of aryl methyl sites for hydroxylation is 2. The Morgan fingerprint density at radius 2 is 2.13 bits per heavy atom. The second-order valence-corrected chi connectivity index (χ2v) is 5.94. The molecule has 1 saturated heterocycles. The van der Waals surface area contributed by atoms with E-state index >= 15 is 0 Å². The van der Waals surface area contributed by atoms with Crippen LogP contribution in [0.3, 0.4) is 0 Å². The number of benzene rings is 1. The van der Waals surface area contributed by atoms with Crippen molar-refractivity contribution in [1.82, 2.24) is 5.32 Å². The molecule has 1 amide bonds. The maximum absolute atomic E-state index is 11.9. The summed E-state index contributed by atoms with van der Waals surface area (Å²) >= 11 is 0. The Morgan fingerprint density at radius 1 is 1.35 bits per heavy atom. The van der Waals surface area contributed by atoms with Gasteiger partial charge < -0.3 is 19.9 Å². The van der Waals surface area contributed by atoms with Gasteiger partial charge in [0.05, 0.1) is 13.2 Å². The second-order valence-electron chi connectivity index (χ2n) is 5.94. The van der Waals surface area contributed by atoms with Crippen molar-refractivity contribution in [2.45, 2.75) is 38.6 Å². The zero-order valence-electron chi connectivity index (χ0n) is 13.6. The number of carbonyl (C=O) groups excluding carboxylic acids is 1. The largest absolute Gasteiger partial charge is 0.494 e. The van der Waals surface area contributed by atoms with Crippen molar-refractivity contribution in [2.24, 2.45) is 0 Å². The SMILES string of the molecule is Cc1ccc(OCCCC(=O)NC2(C(=O)O)CCOC2)cc1C. The zero-order valence-corrected chi connectivity index (χ0v) is 13.6. The van der Waals surface area contributed by atoms with Crippen LogP contribution in [0.15, 0.2) is 18.2 Å². The average molecular weight is 321 g/mol. The van der Waals surface area contributed by atoms with Crippen LogP contribution in [0.2, 0.25) is 0 Å². The number of carboxylic acid groups (broad SMARTS) is 1. The van der Waals surface area contributed by atoms with Gasteiger partial charge in [0.25, 0.3) is 0 Å². The zero-order chi connectivity index (χ0) is 16.9. The van der Waals surface area contributed by atoms with Crippen molar-refractivity contribution in [1.29, 1.82) is 0 Å². The molecule has 2 N–H and O–H groups in total. The molecule has 1 aliphatic rings. The molecule has 1 unspecified atom stereocenters. The predicted molar refractivity (Wildman–Crippen MR) is 84.6 cm³/mol. The maximum atomic E-state index is 11.9. The van der Waals surface area contributed by atoms with E-state index in [1.54, 1.807) is 0 Å². The van der Waals surface area contributed by atoms with Crippen LogP contribution in [0.1, 0.15) is 30.4 Å². The smallest absolute Gasteiger partial charge is 0.331 e. The van der Waals surface area contributed by atoms with Gasteiger partial charge in [-0.05, 0) is 43.5 Å². The van der Waals surface area contributed by atoms with E-state index in [1.807, 2.05) is 32.0 Å². The summed E-state index contributed by atoms with van der Waals surface area (Å²) in [5, 5.41) is 11.8. The molecule has 1 heterocycles. The molecule has 6 nitrogen and oxygen atoms in total. The van der Waals surface area contributed by atoms with E-state index < -0.39 is 11.5 Å². The molecular weight excluding hydrogens is 298 g/mol. The minimum atomic E-state index is -1.27. The Balaban J connectivity index is 1.74. The van der Waals surface area contributed by atoms with E-state index in [9.17, 15) is 14.7 Å². The topological polar surface area (TPSA) is 84.9 Å². The number of carbonyl (C=O) groups is 2. The molecule has 6 heteroatoms. The second kappa shape index (κ2) is 7.46. The summed E-state index contributed by atoms with van der Waals surface area (Å²) in [5.74, 6) is -0.559. The van der Waals surface area contributed by atoms with Crippen molar-refractivity contribution < 1.29 is 24.2 Å². The Labute approximate surface area is 135 Å². The number of amides is 1. The standard InChI is InChI=1S/C17H23NO5/c1-12-5-6-14(10-13(12)2)23-8-3-4-15(19)18-17(16(20)21)7-9-22-11-17/h5-6,10H,3-4,7-9,11H2,1-2H3,(H,18,19)(H,20,21). The van der Waals surface area contributed by atoms with Crippen LogP contribution < -0.4 is 10.1 Å². The molecule has 0 radical (unpaired) electrons. The first-order valence-corrected chi connectivity index (χ1v) is 7.75. The number of rotatable bonds is 7. The van der Waals surface area contributed by atoms with Crippen LogP contribution in [0.5, 0.6) is 5.75 Å². The summed E-state index contributed by atoms with van der Waals surface area (Å²) in [6, 6.07) is 5.86. The van der Waals surface area contributed by atoms with Gasteiger partial charge in [0.1, 0.15) is 5.75 Å². The van der Waals surface area contributed by atoms with Crippen LogP contribution in [-0.2, 0) is 14.3 Å². The van der Waals surface area contributed by atoms with Gasteiger partial charge in [-0.25, -0.2) is 4.79 Å². The molecule has 2 rings (SSSR count). The van der Waals surface area contributed by atoms with Gasteiger partial charge in [-0.2, -0.15) is 0 Å². The van der Waals surface area contributed by atoms with Gasteiger partial charge >= 0.3 is 5.97 Å². The highest BCUT2D eigenvalue weighted by Gasteiger charge is 2.43. The highest BCUT2D eigenvalue weighted by Crippen LogP contribution is 2.19. The van der Waals surface area contributed by atoms with Crippen molar-refractivity contribution in [3.8, 4) is 5.75 Å². The average Bonchev–Trinajstić information content (AvgIpc) is 2.97. The molecule has 0 spiro atoms. The van der Waals surface area contributed by atoms with E-state index in [-0.39, 0.29) is 18.9 Å². The van der Waals surface area contributed by atoms with E-state index in [4.69, 9.17) is 9.47 Å². The first kappa shape index (κ1) is 17.3. The van der Waals surface area contributed by atoms with Gasteiger partial charge in [-0.3, -0.25) is 4.79 Å². The fraction of sp³-hybridized carbons (Fsp3) is 0.529. The lowest BCUT2D eigenvalue weighted by atomic mass is 9.99. The first-order chi connectivity index (χ1) is 10.9. The summed E-state index contributed by atoms with van der Waals surface area (Å²) in [7, 11) is 0. The monoisotopic (exact) mass is 321 g/mol. The first-order valence-electron chi connectivity index (χ1n) is 7.75. The molecule has 126 valence electrons. The highest BCUT2D eigenvalue weighted by atomic mass is 16.5. The molecule has 1 aliphatic heterocycles. The summed E-state index contributed by atoms with van der Waals surface area (Å²) in [6.45, 7) is 4.83. The van der Waals surface area contributed by atoms with Crippen molar-refractivity contribution in [3.63, 3.8) is 0 Å². The van der Waals surface area contributed by atoms with Crippen LogP contribution in [0.25, 0.3) is 0 Å². The van der Waals surface area contributed by atoms with Crippen LogP contribution in [0.4, 0.5) is 0 Å². The van der Waals surface area contributed by atoms with Crippen molar-refractivity contribution in [2.75, 3.05) is 19.8 Å². The summed E-state index contributed by atoms with van der Waals surface area (Å²) in [5.41, 5.74) is 1.09. The minimum Gasteiger partial charge on any atom is -0.494 e. The summed E-state index contributed by atoms with van der Waals surface area (Å²) < 4.78 is 10.7. The van der Waals surface area contributed by atoms with E-state index in [2.05, 4.69) is 5.32 Å². The molecular formula is C17H23NO5. The number of nitrogens with one attached hydrogen (secondary N) is 1. The highest BCUT2D eigenvalue weighted by molar-refractivity contribution is 5.87. The lowest BCUT2D eigenvalue weighted by molar-refractivity contribution is -0.147. The number of carboxylic acids is 1. The lowest BCUT2D eigenvalue weighted by Crippen LogP contribution is -2.55. The minimum absolute atomic E-state index is 0.0210. The molecule has 1 fully saturated rings. The summed E-state index contributed by atoms with van der Waals surface area (Å²) in [4.78, 5) is 23.2. The molecule has 1 atom stereocenters. The fourth-order valence-corrected chi connectivity index (χ4v) is 2.44. The molecule has 1 aromatic rings. The van der Waals surface area contributed by atoms with Crippen LogP contribution in [0, 0.1) is 13.8 Å². The number of hydrogen-bond donors (Lipinski definition) is 2. The third kappa shape index (κ3) is 4.45. The lowest BCUT2D eigenvalue weighted by Gasteiger charge is -2.23. The molecule has 23 heavy (non-hydrogen) atoms. The number of aliphatic carboxylic acids is 1. The van der Waals surface area contributed by atoms with E-state index in [1.165, 1.54) is 5.56 Å². The normalized spacial score (nSPS) is 20.3. The van der Waals surface area contributed by atoms with Crippen molar-refractivity contribution in [3.05, 3.63) is 29.3 Å². The van der Waals surface area contributed by atoms with Gasteiger partial charge in [-0.15, -0.1) is 0 Å². The predicted octanol–water partition coefficient (Wildman–Crippen LogP) is 1.82. The quantitative estimate of drug-likeness (QED) is 0.748. The van der Waals surface area contributed by atoms with E-state index in [0.29, 0.717) is 26.1 Å². The number of ether oxygens (including phenoxy) is 2. The Kier molecular flexibility index (Phi) is 5.60. The van der Waals surface area contributed by atoms with Gasteiger partial charge in [-0.1, -0.05) is 6.07 Å². The third-order valence-electron chi connectivity index (χ3n) is 4.10. The maximum Gasteiger partial charge on any atom is 0.331 e. The fourth-order valence-electron chi connectivity index (χ4n) is 2.44. The molecule has 0 aromatic heterocycles. The summed E-state index contributed by atoms with van der Waals surface area (Å²) in [6.07, 6.45) is 1.04. The molecule has 0 saturated carbocycles. The van der Waals surface area contributed by atoms with Crippen molar-refractivity contribution >= 4 is 11.9 Å². The third-order valence-corrected chi connectivity index (χ3v) is 4.10. The van der Waals surface area contributed by atoms with Crippen LogP contribution in [-0.4, -0.2) is 42.3 Å². The number of hydrogen-bond acceptors (Lipinski definition) is 4. The van der Waals surface area contributed by atoms with Crippen LogP contribution >= 0.6 is 0 Å². The molecule has 1 aromatic carbocycles. The Hall–Kier alpha value is -2.08. The Morgan fingerprint density at radius 3 is 2.74 bits per heavy atom. The van der Waals surface area contributed by atoms with E-state index in [0.717, 1.165) is 11.3 Å². The Bertz CT molecular complexity index is 578. The van der Waals surface area contributed by atoms with Gasteiger partial charge in [0.15, 0.2) is 5.54 Å². The van der Waals surface area contributed by atoms with Gasteiger partial charge in [0, 0.05) is 19.4 Å². The molecule has 0 bridgehead atoms.